The quantitative estimate of drug-likeness (QED) is 0.168. The molecule has 6 nitrogen and oxygen atoms in total. The van der Waals surface area contributed by atoms with Crippen LogP contribution in [-0.4, -0.2) is 24.1 Å². The van der Waals surface area contributed by atoms with Crippen molar-refractivity contribution in [1.29, 1.82) is 0 Å². The lowest BCUT2D eigenvalue weighted by Gasteiger charge is -2.16. The Labute approximate surface area is 361 Å². The number of benzene rings is 9. The van der Waals surface area contributed by atoms with Crippen LogP contribution in [0.3, 0.4) is 0 Å². The molecule has 6 heteroatoms. The molecule has 0 spiro atoms. The maximum Gasteiger partial charge on any atom is 0.166 e. The molecule has 4 heterocycles. The number of rotatable bonds is 6. The third kappa shape index (κ3) is 5.48. The molecule has 0 radical (unpaired) electrons. The lowest BCUT2D eigenvalue weighted by Crippen LogP contribution is -2.03. The van der Waals surface area contributed by atoms with E-state index in [9.17, 15) is 0 Å². The minimum Gasteiger partial charge on any atom is -0.456 e. The second-order valence-corrected chi connectivity index (χ2v) is 15.9. The average Bonchev–Trinajstić information content (AvgIpc) is 4.02. The molecule has 13 rings (SSSR count). The van der Waals surface area contributed by atoms with Crippen LogP contribution in [0.4, 0.5) is 0 Å². The largest absolute Gasteiger partial charge is 0.456 e. The Balaban J connectivity index is 1.11. The molecular weight excluding hydrogens is 771 g/mol. The Morgan fingerprint density at radius 1 is 0.333 bits per heavy atom. The summed E-state index contributed by atoms with van der Waals surface area (Å²) < 4.78 is 11.3. The summed E-state index contributed by atoms with van der Waals surface area (Å²) in [5.41, 5.74) is 13.1. The van der Waals surface area contributed by atoms with Crippen LogP contribution < -0.4 is 0 Å². The molecule has 0 atom stereocenters. The summed E-state index contributed by atoms with van der Waals surface area (Å²) in [4.78, 5) is 16.0. The van der Waals surface area contributed by atoms with Crippen LogP contribution >= 0.6 is 0 Å². The van der Waals surface area contributed by atoms with E-state index in [2.05, 4.69) is 185 Å². The van der Waals surface area contributed by atoms with Gasteiger partial charge in [-0.05, 0) is 65.7 Å². The van der Waals surface area contributed by atoms with Crippen molar-refractivity contribution in [3.63, 3.8) is 0 Å². The molecule has 0 bridgehead atoms. The highest BCUT2D eigenvalue weighted by Gasteiger charge is 2.24. The first-order chi connectivity index (χ1) is 31.3. The lowest BCUT2D eigenvalue weighted by molar-refractivity contribution is 0.669. The third-order valence-electron chi connectivity index (χ3n) is 12.4. The Kier molecular flexibility index (Phi) is 7.80. The maximum atomic E-state index is 6.51. The van der Waals surface area contributed by atoms with Crippen LogP contribution in [0.15, 0.2) is 217 Å². The van der Waals surface area contributed by atoms with Crippen LogP contribution in [0.2, 0.25) is 0 Å². The van der Waals surface area contributed by atoms with E-state index in [-0.39, 0.29) is 0 Å². The summed E-state index contributed by atoms with van der Waals surface area (Å²) in [6, 6.07) is 74.3. The van der Waals surface area contributed by atoms with Gasteiger partial charge in [-0.2, -0.15) is 0 Å². The standard InChI is InChI=1S/C57H35N5O/c1-4-17-36(18-5-1)38-33-34-50-46(35-38)52-44(27-16-32-51(52)63-50)56-58-55(37-19-6-2-7-20-37)59-57(60-56)45-28-14-25-42-40-23-11-13-30-48(40)62(53(42)45)49-31-15-26-43-41-24-10-12-29-47(41)61(54(43)49)39-21-8-3-9-22-39/h1-35H. The lowest BCUT2D eigenvalue weighted by atomic mass is 10.0. The molecule has 0 N–H and O–H groups in total. The van der Waals surface area contributed by atoms with Crippen molar-refractivity contribution in [2.45, 2.75) is 0 Å². The average molecular weight is 806 g/mol. The number of aromatic nitrogens is 5. The summed E-state index contributed by atoms with van der Waals surface area (Å²) >= 11 is 0. The van der Waals surface area contributed by atoms with Gasteiger partial charge in [0.25, 0.3) is 0 Å². The monoisotopic (exact) mass is 805 g/mol. The van der Waals surface area contributed by atoms with Crippen molar-refractivity contribution in [2.75, 3.05) is 0 Å². The molecule has 0 aliphatic rings. The van der Waals surface area contributed by atoms with Crippen LogP contribution in [0.5, 0.6) is 0 Å². The molecule has 0 saturated heterocycles. The first-order valence-corrected chi connectivity index (χ1v) is 21.2. The van der Waals surface area contributed by atoms with Gasteiger partial charge in [0.05, 0.1) is 27.8 Å². The Morgan fingerprint density at radius 2 is 0.889 bits per heavy atom. The van der Waals surface area contributed by atoms with Crippen LogP contribution in [-0.2, 0) is 0 Å². The normalized spacial score (nSPS) is 11.8. The SMILES string of the molecule is c1ccc(-c2ccc3oc4cccc(-c5nc(-c6ccccc6)nc(-c6cccc7c8ccccc8n(-c8cccc9c%10ccccc%10n(-c%10ccccc%10)c89)c67)n5)c4c3c2)cc1. The highest BCUT2D eigenvalue weighted by molar-refractivity contribution is 6.17. The van der Waals surface area contributed by atoms with Gasteiger partial charge in [-0.1, -0.05) is 158 Å². The molecule has 9 aromatic carbocycles. The molecule has 0 aliphatic carbocycles. The molecule has 0 saturated carbocycles. The topological polar surface area (TPSA) is 61.7 Å². The Hall–Kier alpha value is -8.61. The fraction of sp³-hybridized carbons (Fsp3) is 0. The van der Waals surface area contributed by atoms with Gasteiger partial charge in [0, 0.05) is 54.7 Å². The Bertz CT molecular complexity index is 3900. The number of hydrogen-bond acceptors (Lipinski definition) is 4. The van der Waals surface area contributed by atoms with Crippen molar-refractivity contribution in [3.05, 3.63) is 212 Å². The van der Waals surface area contributed by atoms with E-state index in [0.29, 0.717) is 17.5 Å². The zero-order chi connectivity index (χ0) is 41.4. The molecule has 13 aromatic rings. The first-order valence-electron chi connectivity index (χ1n) is 21.2. The smallest absolute Gasteiger partial charge is 0.166 e. The fourth-order valence-corrected chi connectivity index (χ4v) is 9.63. The van der Waals surface area contributed by atoms with Gasteiger partial charge >= 0.3 is 0 Å². The number of fused-ring (bicyclic) bond motifs is 9. The van der Waals surface area contributed by atoms with Gasteiger partial charge in [0.2, 0.25) is 0 Å². The second kappa shape index (κ2) is 14.0. The molecule has 4 aromatic heterocycles. The number of furan rings is 1. The highest BCUT2D eigenvalue weighted by atomic mass is 16.3. The van der Waals surface area contributed by atoms with E-state index in [4.69, 9.17) is 19.4 Å². The molecule has 0 aliphatic heterocycles. The van der Waals surface area contributed by atoms with Gasteiger partial charge in [-0.25, -0.2) is 15.0 Å². The van der Waals surface area contributed by atoms with Crippen molar-refractivity contribution < 1.29 is 4.42 Å². The molecule has 0 amide bonds. The molecule has 0 fully saturated rings. The van der Waals surface area contributed by atoms with Gasteiger partial charge < -0.3 is 13.6 Å². The Morgan fingerprint density at radius 3 is 1.63 bits per heavy atom. The number of hydrogen-bond donors (Lipinski definition) is 0. The van der Waals surface area contributed by atoms with Crippen molar-refractivity contribution >= 4 is 65.6 Å². The summed E-state index contributed by atoms with van der Waals surface area (Å²) in [5, 5.41) is 6.62. The molecule has 294 valence electrons. The van der Waals surface area contributed by atoms with Gasteiger partial charge in [0.1, 0.15) is 11.2 Å². The molecular formula is C57H35N5O. The minimum absolute atomic E-state index is 0.572. The first kappa shape index (κ1) is 35.2. The van der Waals surface area contributed by atoms with E-state index in [0.717, 1.165) is 94.0 Å². The summed E-state index contributed by atoms with van der Waals surface area (Å²) in [6.07, 6.45) is 0. The van der Waals surface area contributed by atoms with Crippen molar-refractivity contribution in [1.82, 2.24) is 24.1 Å². The van der Waals surface area contributed by atoms with Gasteiger partial charge in [-0.3, -0.25) is 0 Å². The van der Waals surface area contributed by atoms with E-state index in [1.165, 1.54) is 10.8 Å². The van der Waals surface area contributed by atoms with Crippen LogP contribution in [0, 0.1) is 0 Å². The zero-order valence-corrected chi connectivity index (χ0v) is 33.9. The van der Waals surface area contributed by atoms with E-state index < -0.39 is 0 Å². The maximum absolute atomic E-state index is 6.51. The van der Waals surface area contributed by atoms with Gasteiger partial charge in [-0.15, -0.1) is 0 Å². The predicted molar refractivity (Wildman–Crippen MR) is 258 cm³/mol. The zero-order valence-electron chi connectivity index (χ0n) is 33.9. The molecule has 63 heavy (non-hydrogen) atoms. The van der Waals surface area contributed by atoms with E-state index in [1.54, 1.807) is 0 Å². The van der Waals surface area contributed by atoms with Gasteiger partial charge in [0.15, 0.2) is 17.5 Å². The fourth-order valence-electron chi connectivity index (χ4n) is 9.63. The second-order valence-electron chi connectivity index (χ2n) is 15.9. The van der Waals surface area contributed by atoms with Crippen LogP contribution in [0.1, 0.15) is 0 Å². The summed E-state index contributed by atoms with van der Waals surface area (Å²) in [6.45, 7) is 0. The van der Waals surface area contributed by atoms with Crippen molar-refractivity contribution in [3.8, 4) is 56.7 Å². The third-order valence-corrected chi connectivity index (χ3v) is 12.4. The number of para-hydroxylation sites is 5. The highest BCUT2D eigenvalue weighted by Crippen LogP contribution is 2.43. The summed E-state index contributed by atoms with van der Waals surface area (Å²) in [5.74, 6) is 1.75. The minimum atomic E-state index is 0.572. The number of nitrogens with zero attached hydrogens (tertiary/aromatic N) is 5. The van der Waals surface area contributed by atoms with Crippen LogP contribution in [0.25, 0.3) is 122 Å². The predicted octanol–water partition coefficient (Wildman–Crippen LogP) is 14.6. The van der Waals surface area contributed by atoms with Crippen molar-refractivity contribution in [2.24, 2.45) is 0 Å². The van der Waals surface area contributed by atoms with E-state index in [1.807, 2.05) is 36.4 Å². The van der Waals surface area contributed by atoms with E-state index >= 15 is 0 Å². The molecule has 0 unspecified atom stereocenters. The summed E-state index contributed by atoms with van der Waals surface area (Å²) in [7, 11) is 0.